The van der Waals surface area contributed by atoms with Crippen molar-refractivity contribution in [3.63, 3.8) is 0 Å². The van der Waals surface area contributed by atoms with Gasteiger partial charge >= 0.3 is 0 Å². The van der Waals surface area contributed by atoms with Crippen LogP contribution < -0.4 is 0 Å². The lowest BCUT2D eigenvalue weighted by atomic mass is 9.86. The third kappa shape index (κ3) is 3.28. The Morgan fingerprint density at radius 3 is 2.04 bits per heavy atom. The highest BCUT2D eigenvalue weighted by Gasteiger charge is 2.50. The van der Waals surface area contributed by atoms with Crippen LogP contribution >= 0.6 is 0 Å². The van der Waals surface area contributed by atoms with E-state index in [9.17, 15) is 13.2 Å². The molecule has 28 heavy (non-hydrogen) atoms. The fourth-order valence-corrected chi connectivity index (χ4v) is 5.42. The molecule has 4 rings (SSSR count). The van der Waals surface area contributed by atoms with Gasteiger partial charge in [-0.15, -0.1) is 0 Å². The van der Waals surface area contributed by atoms with Gasteiger partial charge in [0.1, 0.15) is 0 Å². The largest absolute Gasteiger partial charge is 0.292 e. The second kappa shape index (κ2) is 7.34. The van der Waals surface area contributed by atoms with Crippen molar-refractivity contribution in [2.75, 3.05) is 0 Å². The molecule has 0 saturated carbocycles. The molecule has 3 aromatic carbocycles. The molecule has 0 radical (unpaired) electrons. The van der Waals surface area contributed by atoms with Crippen LogP contribution in [0, 0.1) is 6.92 Å². The van der Waals surface area contributed by atoms with Crippen LogP contribution in [0.25, 0.3) is 0 Å². The zero-order valence-corrected chi connectivity index (χ0v) is 16.3. The van der Waals surface area contributed by atoms with Gasteiger partial charge in [0.25, 0.3) is 0 Å². The summed E-state index contributed by atoms with van der Waals surface area (Å²) in [5.41, 5.74) is 2.41. The zero-order valence-electron chi connectivity index (χ0n) is 15.5. The molecule has 1 fully saturated rings. The topological polar surface area (TPSA) is 54.5 Å². The van der Waals surface area contributed by atoms with Crippen LogP contribution in [-0.2, 0) is 10.0 Å². The number of benzene rings is 3. The molecule has 0 bridgehead atoms. The average molecular weight is 391 g/mol. The average Bonchev–Trinajstić information content (AvgIpc) is 2.68. The minimum Gasteiger partial charge on any atom is -0.292 e. The number of rotatable bonds is 5. The Hall–Kier alpha value is -2.76. The summed E-state index contributed by atoms with van der Waals surface area (Å²) in [6.07, 6.45) is 0.475. The molecular weight excluding hydrogens is 370 g/mol. The molecule has 1 aliphatic heterocycles. The van der Waals surface area contributed by atoms with E-state index in [2.05, 4.69) is 0 Å². The second-order valence-electron chi connectivity index (χ2n) is 7.06. The summed E-state index contributed by atoms with van der Waals surface area (Å²) in [4.78, 5) is 13.3. The third-order valence-electron chi connectivity index (χ3n) is 5.20. The van der Waals surface area contributed by atoms with E-state index < -0.39 is 16.1 Å². The first kappa shape index (κ1) is 18.6. The molecule has 4 nitrogen and oxygen atoms in total. The SMILES string of the molecule is Cc1ccc(S(=O)(=O)N2[C@@H](c3ccccc3)C[C@H]2C(=O)c2ccccc2)cc1. The van der Waals surface area contributed by atoms with Crippen LogP contribution in [0.2, 0.25) is 0 Å². The number of carbonyl (C=O) groups excluding carboxylic acids is 1. The van der Waals surface area contributed by atoms with Crippen molar-refractivity contribution in [3.05, 3.63) is 102 Å². The highest BCUT2D eigenvalue weighted by atomic mass is 32.2. The minimum atomic E-state index is -3.81. The molecule has 5 heteroatoms. The van der Waals surface area contributed by atoms with Crippen LogP contribution in [0.15, 0.2) is 89.8 Å². The van der Waals surface area contributed by atoms with E-state index >= 15 is 0 Å². The molecule has 0 amide bonds. The number of hydrogen-bond acceptors (Lipinski definition) is 3. The maximum absolute atomic E-state index is 13.4. The van der Waals surface area contributed by atoms with Gasteiger partial charge in [-0.1, -0.05) is 78.4 Å². The Morgan fingerprint density at radius 1 is 0.857 bits per heavy atom. The van der Waals surface area contributed by atoms with E-state index in [1.807, 2.05) is 43.3 Å². The Bertz CT molecular complexity index is 1080. The summed E-state index contributed by atoms with van der Waals surface area (Å²) < 4.78 is 28.2. The molecular formula is C23H21NO3S. The highest BCUT2D eigenvalue weighted by molar-refractivity contribution is 7.89. The Morgan fingerprint density at radius 2 is 1.43 bits per heavy atom. The smallest absolute Gasteiger partial charge is 0.244 e. The number of sulfonamides is 1. The quantitative estimate of drug-likeness (QED) is 0.607. The molecule has 0 unspecified atom stereocenters. The standard InChI is InChI=1S/C23H21NO3S/c1-17-12-14-20(15-13-17)28(26,27)24-21(18-8-4-2-5-9-18)16-22(24)23(25)19-10-6-3-7-11-19/h2-15,21-22H,16H2,1H3/t21-,22+/m1/s1. The number of ketones is 1. The van der Waals surface area contributed by atoms with Crippen molar-refractivity contribution in [3.8, 4) is 0 Å². The number of nitrogens with zero attached hydrogens (tertiary/aromatic N) is 1. The van der Waals surface area contributed by atoms with Gasteiger partial charge in [-0.05, 0) is 31.0 Å². The van der Waals surface area contributed by atoms with Gasteiger partial charge in [-0.3, -0.25) is 4.79 Å². The van der Waals surface area contributed by atoms with Gasteiger partial charge in [-0.25, -0.2) is 8.42 Å². The Balaban J connectivity index is 1.74. The van der Waals surface area contributed by atoms with E-state index in [1.165, 1.54) is 4.31 Å². The molecule has 0 aliphatic carbocycles. The minimum absolute atomic E-state index is 0.163. The fourth-order valence-electron chi connectivity index (χ4n) is 3.64. The van der Waals surface area contributed by atoms with Gasteiger partial charge < -0.3 is 0 Å². The molecule has 0 aromatic heterocycles. The summed E-state index contributed by atoms with van der Waals surface area (Å²) in [5.74, 6) is -0.163. The van der Waals surface area contributed by atoms with Crippen LogP contribution in [-0.4, -0.2) is 24.5 Å². The van der Waals surface area contributed by atoms with E-state index in [0.717, 1.165) is 11.1 Å². The molecule has 0 N–H and O–H groups in total. The van der Waals surface area contributed by atoms with Crippen molar-refractivity contribution < 1.29 is 13.2 Å². The van der Waals surface area contributed by atoms with E-state index in [0.29, 0.717) is 12.0 Å². The summed E-state index contributed by atoms with van der Waals surface area (Å²) >= 11 is 0. The molecule has 1 heterocycles. The summed E-state index contributed by atoms with van der Waals surface area (Å²) in [6.45, 7) is 1.91. The maximum Gasteiger partial charge on any atom is 0.244 e. The van der Waals surface area contributed by atoms with E-state index in [1.54, 1.807) is 48.5 Å². The number of carbonyl (C=O) groups is 1. The lowest BCUT2D eigenvalue weighted by Crippen LogP contribution is -2.56. The predicted molar refractivity (Wildman–Crippen MR) is 109 cm³/mol. The lowest BCUT2D eigenvalue weighted by molar-refractivity contribution is 0.0638. The molecule has 2 atom stereocenters. The van der Waals surface area contributed by atoms with Crippen LogP contribution in [0.4, 0.5) is 0 Å². The van der Waals surface area contributed by atoms with Gasteiger partial charge in [0.2, 0.25) is 10.0 Å². The molecule has 142 valence electrons. The van der Waals surface area contributed by atoms with Crippen molar-refractivity contribution in [2.24, 2.45) is 0 Å². The molecule has 1 aliphatic rings. The molecule has 3 aromatic rings. The summed E-state index contributed by atoms with van der Waals surface area (Å²) in [5, 5.41) is 0. The van der Waals surface area contributed by atoms with Crippen LogP contribution in [0.1, 0.15) is 33.9 Å². The second-order valence-corrected chi connectivity index (χ2v) is 8.90. The van der Waals surface area contributed by atoms with E-state index in [-0.39, 0.29) is 16.7 Å². The van der Waals surface area contributed by atoms with Crippen molar-refractivity contribution in [1.82, 2.24) is 4.31 Å². The van der Waals surface area contributed by atoms with Gasteiger partial charge in [0, 0.05) is 5.56 Å². The normalized spacial score (nSPS) is 19.8. The first-order valence-electron chi connectivity index (χ1n) is 9.23. The van der Waals surface area contributed by atoms with Gasteiger partial charge in [0.05, 0.1) is 17.0 Å². The van der Waals surface area contributed by atoms with Gasteiger partial charge in [-0.2, -0.15) is 4.31 Å². The molecule has 0 spiro atoms. The molecule has 1 saturated heterocycles. The fraction of sp³-hybridized carbons (Fsp3) is 0.174. The van der Waals surface area contributed by atoms with Gasteiger partial charge in [0.15, 0.2) is 5.78 Å². The first-order chi connectivity index (χ1) is 13.5. The third-order valence-corrected chi connectivity index (χ3v) is 7.13. The maximum atomic E-state index is 13.4. The lowest BCUT2D eigenvalue weighted by Gasteiger charge is -2.46. The Kier molecular flexibility index (Phi) is 4.87. The summed E-state index contributed by atoms with van der Waals surface area (Å²) in [7, 11) is -3.81. The zero-order chi connectivity index (χ0) is 19.7. The van der Waals surface area contributed by atoms with Crippen LogP contribution in [0.5, 0.6) is 0 Å². The Labute approximate surface area is 165 Å². The van der Waals surface area contributed by atoms with Crippen molar-refractivity contribution in [1.29, 1.82) is 0 Å². The predicted octanol–water partition coefficient (Wildman–Crippen LogP) is 4.38. The number of hydrogen-bond donors (Lipinski definition) is 0. The first-order valence-corrected chi connectivity index (χ1v) is 10.7. The highest BCUT2D eigenvalue weighted by Crippen LogP contribution is 2.44. The van der Waals surface area contributed by atoms with E-state index in [4.69, 9.17) is 0 Å². The summed E-state index contributed by atoms with van der Waals surface area (Å²) in [6, 6.07) is 24.1. The van der Waals surface area contributed by atoms with Crippen molar-refractivity contribution >= 4 is 15.8 Å². The van der Waals surface area contributed by atoms with Crippen molar-refractivity contribution in [2.45, 2.75) is 30.3 Å². The van der Waals surface area contributed by atoms with Crippen LogP contribution in [0.3, 0.4) is 0 Å². The number of aryl methyl sites for hydroxylation is 1. The number of Topliss-reactive ketones (excluding diaryl/α,β-unsaturated/α-hetero) is 1. The monoisotopic (exact) mass is 391 g/mol.